The number of aromatic nitrogens is 2. The lowest BCUT2D eigenvalue weighted by molar-refractivity contribution is 0.557. The molecule has 0 saturated carbocycles. The first-order valence-electron chi connectivity index (χ1n) is 5.61. The van der Waals surface area contributed by atoms with E-state index < -0.39 is 0 Å². The van der Waals surface area contributed by atoms with Gasteiger partial charge < -0.3 is 5.73 Å². The van der Waals surface area contributed by atoms with E-state index in [1.807, 2.05) is 0 Å². The zero-order valence-electron chi connectivity index (χ0n) is 10.5. The van der Waals surface area contributed by atoms with Gasteiger partial charge in [0.25, 0.3) is 0 Å². The molecule has 3 nitrogen and oxygen atoms in total. The highest BCUT2D eigenvalue weighted by Gasteiger charge is 2.24. The molecule has 96 valence electrons. The Morgan fingerprint density at radius 1 is 1.22 bits per heavy atom. The standard InChI is InChI=1S/C13H15FIN3/c1-13(2,3)11-10(15)12(16)18(17-11)9-6-4-8(14)5-7-9/h4-7H,16H2,1-3H3. The van der Waals surface area contributed by atoms with Gasteiger partial charge in [0.2, 0.25) is 0 Å². The van der Waals surface area contributed by atoms with E-state index in [9.17, 15) is 4.39 Å². The van der Waals surface area contributed by atoms with Crippen LogP contribution in [0.5, 0.6) is 0 Å². The highest BCUT2D eigenvalue weighted by Crippen LogP contribution is 2.31. The fourth-order valence-corrected chi connectivity index (χ4v) is 2.82. The molecule has 0 bridgehead atoms. The van der Waals surface area contributed by atoms with Gasteiger partial charge in [-0.1, -0.05) is 20.8 Å². The molecule has 2 N–H and O–H groups in total. The first-order valence-corrected chi connectivity index (χ1v) is 6.69. The molecule has 0 aliphatic rings. The third-order valence-electron chi connectivity index (χ3n) is 2.64. The Labute approximate surface area is 119 Å². The van der Waals surface area contributed by atoms with E-state index >= 15 is 0 Å². The molecule has 0 aliphatic heterocycles. The smallest absolute Gasteiger partial charge is 0.141 e. The van der Waals surface area contributed by atoms with Crippen molar-refractivity contribution < 1.29 is 4.39 Å². The third-order valence-corrected chi connectivity index (χ3v) is 3.71. The SMILES string of the molecule is CC(C)(C)c1nn(-c2ccc(F)cc2)c(N)c1I. The topological polar surface area (TPSA) is 43.8 Å². The highest BCUT2D eigenvalue weighted by molar-refractivity contribution is 14.1. The van der Waals surface area contributed by atoms with Crippen molar-refractivity contribution in [1.29, 1.82) is 0 Å². The van der Waals surface area contributed by atoms with Crippen LogP contribution in [0.25, 0.3) is 5.69 Å². The summed E-state index contributed by atoms with van der Waals surface area (Å²) in [5, 5.41) is 4.54. The van der Waals surface area contributed by atoms with Crippen molar-refractivity contribution in [1.82, 2.24) is 9.78 Å². The number of hydrogen-bond acceptors (Lipinski definition) is 2. The molecule has 1 heterocycles. The van der Waals surface area contributed by atoms with Gasteiger partial charge in [-0.2, -0.15) is 5.10 Å². The van der Waals surface area contributed by atoms with Crippen LogP contribution in [0.4, 0.5) is 10.2 Å². The Morgan fingerprint density at radius 3 is 2.22 bits per heavy atom. The monoisotopic (exact) mass is 359 g/mol. The van der Waals surface area contributed by atoms with Gasteiger partial charge in [-0.05, 0) is 46.9 Å². The molecule has 0 aliphatic carbocycles. The fraction of sp³-hybridized carbons (Fsp3) is 0.308. The maximum Gasteiger partial charge on any atom is 0.141 e. The van der Waals surface area contributed by atoms with Crippen LogP contribution in [0, 0.1) is 9.39 Å². The van der Waals surface area contributed by atoms with Crippen LogP contribution in [-0.4, -0.2) is 9.78 Å². The average Bonchev–Trinajstić information content (AvgIpc) is 2.57. The van der Waals surface area contributed by atoms with Crippen LogP contribution >= 0.6 is 22.6 Å². The Hall–Kier alpha value is -1.11. The molecule has 0 radical (unpaired) electrons. The molecule has 0 spiro atoms. The van der Waals surface area contributed by atoms with Crippen molar-refractivity contribution in [3.05, 3.63) is 39.3 Å². The third kappa shape index (κ3) is 2.36. The van der Waals surface area contributed by atoms with Crippen LogP contribution < -0.4 is 5.73 Å². The molecular formula is C13H15FIN3. The lowest BCUT2D eigenvalue weighted by Crippen LogP contribution is -2.14. The van der Waals surface area contributed by atoms with Crippen LogP contribution in [0.2, 0.25) is 0 Å². The lowest BCUT2D eigenvalue weighted by atomic mass is 9.92. The molecule has 1 aromatic carbocycles. The lowest BCUT2D eigenvalue weighted by Gasteiger charge is -2.15. The second-order valence-corrected chi connectivity index (χ2v) is 6.26. The summed E-state index contributed by atoms with van der Waals surface area (Å²) in [6, 6.07) is 6.14. The molecule has 1 aromatic heterocycles. The maximum absolute atomic E-state index is 12.9. The molecule has 2 aromatic rings. The first-order chi connectivity index (χ1) is 8.30. The molecule has 0 atom stereocenters. The molecule has 0 saturated heterocycles. The van der Waals surface area contributed by atoms with E-state index in [1.165, 1.54) is 12.1 Å². The molecule has 0 unspecified atom stereocenters. The van der Waals surface area contributed by atoms with Crippen LogP contribution in [0.1, 0.15) is 26.5 Å². The average molecular weight is 359 g/mol. The van der Waals surface area contributed by atoms with Crippen LogP contribution in [-0.2, 0) is 5.41 Å². The summed E-state index contributed by atoms with van der Waals surface area (Å²) in [5.41, 5.74) is 7.71. The highest BCUT2D eigenvalue weighted by atomic mass is 127. The summed E-state index contributed by atoms with van der Waals surface area (Å²) < 4.78 is 15.5. The summed E-state index contributed by atoms with van der Waals surface area (Å²) in [4.78, 5) is 0. The van der Waals surface area contributed by atoms with Crippen LogP contribution in [0.15, 0.2) is 24.3 Å². The normalized spacial score (nSPS) is 11.8. The van der Waals surface area contributed by atoms with E-state index in [0.29, 0.717) is 5.82 Å². The molecular weight excluding hydrogens is 344 g/mol. The molecule has 0 fully saturated rings. The zero-order chi connectivity index (χ0) is 13.5. The van der Waals surface area contributed by atoms with Crippen molar-refractivity contribution in [2.24, 2.45) is 0 Å². The Morgan fingerprint density at radius 2 is 1.78 bits per heavy atom. The van der Waals surface area contributed by atoms with Gasteiger partial charge in [0.15, 0.2) is 0 Å². The van der Waals surface area contributed by atoms with Gasteiger partial charge in [-0.25, -0.2) is 9.07 Å². The van der Waals surface area contributed by atoms with Crippen molar-refractivity contribution in [3.63, 3.8) is 0 Å². The number of nitrogen functional groups attached to an aromatic ring is 1. The fourth-order valence-electron chi connectivity index (χ4n) is 1.67. The van der Waals surface area contributed by atoms with E-state index in [0.717, 1.165) is 15.0 Å². The summed E-state index contributed by atoms with van der Waals surface area (Å²) in [6.45, 7) is 6.27. The number of rotatable bonds is 1. The van der Waals surface area contributed by atoms with Crippen molar-refractivity contribution in [3.8, 4) is 5.69 Å². The van der Waals surface area contributed by atoms with Gasteiger partial charge in [-0.15, -0.1) is 0 Å². The number of anilines is 1. The Kier molecular flexibility index (Phi) is 3.35. The number of halogens is 2. The summed E-state index contributed by atoms with van der Waals surface area (Å²) in [5.74, 6) is 0.322. The minimum Gasteiger partial charge on any atom is -0.383 e. The predicted octanol–water partition coefficient (Wildman–Crippen LogP) is 3.50. The van der Waals surface area contributed by atoms with E-state index in [-0.39, 0.29) is 11.2 Å². The van der Waals surface area contributed by atoms with Gasteiger partial charge in [-0.3, -0.25) is 0 Å². The minimum atomic E-state index is -0.268. The second-order valence-electron chi connectivity index (χ2n) is 5.19. The Bertz CT molecular complexity index is 567. The number of nitrogens with zero attached hydrogens (tertiary/aromatic N) is 2. The Balaban J connectivity index is 2.56. The molecule has 0 amide bonds. The van der Waals surface area contributed by atoms with Gasteiger partial charge >= 0.3 is 0 Å². The van der Waals surface area contributed by atoms with Crippen molar-refractivity contribution >= 4 is 28.4 Å². The summed E-state index contributed by atoms with van der Waals surface area (Å²) in [6.07, 6.45) is 0. The van der Waals surface area contributed by atoms with Crippen molar-refractivity contribution in [2.45, 2.75) is 26.2 Å². The van der Waals surface area contributed by atoms with Gasteiger partial charge in [0, 0.05) is 5.41 Å². The number of nitrogens with two attached hydrogens (primary N) is 1. The summed E-state index contributed by atoms with van der Waals surface area (Å²) >= 11 is 2.20. The second kappa shape index (κ2) is 4.53. The van der Waals surface area contributed by atoms with E-state index in [1.54, 1.807) is 16.8 Å². The van der Waals surface area contributed by atoms with E-state index in [2.05, 4.69) is 48.5 Å². The van der Waals surface area contributed by atoms with Crippen molar-refractivity contribution in [2.75, 3.05) is 5.73 Å². The van der Waals surface area contributed by atoms with E-state index in [4.69, 9.17) is 5.73 Å². The maximum atomic E-state index is 12.9. The predicted molar refractivity (Wildman–Crippen MR) is 79.4 cm³/mol. The number of benzene rings is 1. The largest absolute Gasteiger partial charge is 0.383 e. The minimum absolute atomic E-state index is 0.0735. The van der Waals surface area contributed by atoms with Gasteiger partial charge in [0.1, 0.15) is 11.6 Å². The summed E-state index contributed by atoms with van der Waals surface area (Å²) in [7, 11) is 0. The molecule has 18 heavy (non-hydrogen) atoms. The number of hydrogen-bond donors (Lipinski definition) is 1. The molecule has 5 heteroatoms. The zero-order valence-corrected chi connectivity index (χ0v) is 12.7. The van der Waals surface area contributed by atoms with Gasteiger partial charge in [0.05, 0.1) is 15.0 Å². The quantitative estimate of drug-likeness (QED) is 0.793. The molecule has 2 rings (SSSR count). The first kappa shape index (κ1) is 13.3. The van der Waals surface area contributed by atoms with Crippen LogP contribution in [0.3, 0.4) is 0 Å².